The van der Waals surface area contributed by atoms with Crippen molar-refractivity contribution in [3.05, 3.63) is 12.2 Å². The SMILES string of the molecule is CCOCC(O)CNCCCC[C@H]1[C@@H](CC=CCCCC(=O)O)[C@H]2CC[C@@H]1O2. The molecule has 2 heterocycles. The number of carboxylic acid groups (broad SMARTS) is 1. The Morgan fingerprint density at radius 1 is 1.21 bits per heavy atom. The minimum absolute atomic E-state index is 0.251. The van der Waals surface area contributed by atoms with Crippen molar-refractivity contribution in [1.29, 1.82) is 0 Å². The van der Waals surface area contributed by atoms with Crippen molar-refractivity contribution in [2.75, 3.05) is 26.3 Å². The molecule has 2 aliphatic heterocycles. The van der Waals surface area contributed by atoms with E-state index < -0.39 is 12.1 Å². The molecule has 1 unspecified atom stereocenters. The maximum Gasteiger partial charge on any atom is 0.303 e. The highest BCUT2D eigenvalue weighted by atomic mass is 16.5. The second-order valence-corrected chi connectivity index (χ2v) is 8.12. The fourth-order valence-corrected chi connectivity index (χ4v) is 4.55. The molecular formula is C22H39NO5. The fourth-order valence-electron chi connectivity index (χ4n) is 4.55. The number of carboxylic acids is 1. The number of hydrogen-bond acceptors (Lipinski definition) is 5. The van der Waals surface area contributed by atoms with Crippen LogP contribution in [0, 0.1) is 11.8 Å². The van der Waals surface area contributed by atoms with Gasteiger partial charge >= 0.3 is 5.97 Å². The molecule has 0 aliphatic carbocycles. The number of aliphatic carboxylic acids is 1. The van der Waals surface area contributed by atoms with Gasteiger partial charge in [0.05, 0.1) is 24.9 Å². The van der Waals surface area contributed by atoms with Gasteiger partial charge in [-0.2, -0.15) is 0 Å². The largest absolute Gasteiger partial charge is 0.481 e. The lowest BCUT2D eigenvalue weighted by Crippen LogP contribution is -2.31. The van der Waals surface area contributed by atoms with Gasteiger partial charge in [0, 0.05) is 19.6 Å². The summed E-state index contributed by atoms with van der Waals surface area (Å²) in [6, 6.07) is 0. The van der Waals surface area contributed by atoms with Gasteiger partial charge in [0.2, 0.25) is 0 Å². The van der Waals surface area contributed by atoms with Gasteiger partial charge in [-0.1, -0.05) is 18.6 Å². The third-order valence-electron chi connectivity index (χ3n) is 5.96. The van der Waals surface area contributed by atoms with Crippen LogP contribution in [-0.2, 0) is 14.3 Å². The lowest BCUT2D eigenvalue weighted by molar-refractivity contribution is -0.137. The lowest BCUT2D eigenvalue weighted by Gasteiger charge is -2.27. The van der Waals surface area contributed by atoms with E-state index in [2.05, 4.69) is 17.5 Å². The van der Waals surface area contributed by atoms with E-state index in [1.165, 1.54) is 25.7 Å². The monoisotopic (exact) mass is 397 g/mol. The van der Waals surface area contributed by atoms with Crippen LogP contribution in [0.15, 0.2) is 12.2 Å². The van der Waals surface area contributed by atoms with E-state index in [4.69, 9.17) is 14.6 Å². The molecule has 2 bridgehead atoms. The third-order valence-corrected chi connectivity index (χ3v) is 5.96. The van der Waals surface area contributed by atoms with E-state index >= 15 is 0 Å². The predicted octanol–water partition coefficient (Wildman–Crippen LogP) is 3.14. The van der Waals surface area contributed by atoms with E-state index in [0.717, 1.165) is 32.2 Å². The number of aliphatic hydroxyl groups is 1. The van der Waals surface area contributed by atoms with Crippen LogP contribution >= 0.6 is 0 Å². The van der Waals surface area contributed by atoms with Crippen molar-refractivity contribution in [3.8, 4) is 0 Å². The number of hydrogen-bond donors (Lipinski definition) is 3. The summed E-state index contributed by atoms with van der Waals surface area (Å²) in [6.07, 6.45) is 13.6. The first-order valence-electron chi connectivity index (χ1n) is 11.1. The smallest absolute Gasteiger partial charge is 0.303 e. The number of carbonyl (C=O) groups is 1. The molecule has 162 valence electrons. The maximum atomic E-state index is 10.5. The highest BCUT2D eigenvalue weighted by Crippen LogP contribution is 2.47. The Balaban J connectivity index is 1.59. The number of allylic oxidation sites excluding steroid dienone is 2. The van der Waals surface area contributed by atoms with Gasteiger partial charge < -0.3 is 25.0 Å². The summed E-state index contributed by atoms with van der Waals surface area (Å²) < 4.78 is 11.4. The molecule has 28 heavy (non-hydrogen) atoms. The van der Waals surface area contributed by atoms with E-state index in [9.17, 15) is 9.90 Å². The number of aliphatic hydroxyl groups excluding tert-OH is 1. The van der Waals surface area contributed by atoms with Crippen molar-refractivity contribution in [2.24, 2.45) is 11.8 Å². The Morgan fingerprint density at radius 2 is 2.00 bits per heavy atom. The van der Waals surface area contributed by atoms with Crippen molar-refractivity contribution in [1.82, 2.24) is 5.32 Å². The Kier molecular flexibility index (Phi) is 11.1. The number of unbranched alkanes of at least 4 members (excludes halogenated alkanes) is 2. The molecule has 0 aromatic heterocycles. The summed E-state index contributed by atoms with van der Waals surface area (Å²) in [5.41, 5.74) is 0. The number of nitrogens with one attached hydrogen (secondary N) is 1. The number of fused-ring (bicyclic) bond motifs is 2. The standard InChI is InChI=1S/C22H39NO5/c1-2-27-16-17(24)15-23-14-8-7-10-19-18(20-12-13-21(19)28-20)9-5-3-4-6-11-22(25)26/h3,5,17-21,23-24H,2,4,6-16H2,1H3,(H,25,26)/t17?,18-,19+,20-,21+/m1/s1. The summed E-state index contributed by atoms with van der Waals surface area (Å²) in [7, 11) is 0. The molecule has 0 aromatic carbocycles. The van der Waals surface area contributed by atoms with Gasteiger partial charge in [0.25, 0.3) is 0 Å². The molecule has 6 heteroatoms. The van der Waals surface area contributed by atoms with Crippen LogP contribution in [-0.4, -0.2) is 60.8 Å². The third kappa shape index (κ3) is 8.19. The molecule has 0 saturated carbocycles. The van der Waals surface area contributed by atoms with Crippen LogP contribution < -0.4 is 5.32 Å². The number of rotatable bonds is 16. The molecule has 0 radical (unpaired) electrons. The van der Waals surface area contributed by atoms with Gasteiger partial charge in [-0.3, -0.25) is 4.79 Å². The zero-order valence-electron chi connectivity index (χ0n) is 17.4. The maximum absolute atomic E-state index is 10.5. The first-order chi connectivity index (χ1) is 13.6. The van der Waals surface area contributed by atoms with Gasteiger partial charge in [0.1, 0.15) is 0 Å². The second-order valence-electron chi connectivity index (χ2n) is 8.12. The highest BCUT2D eigenvalue weighted by molar-refractivity contribution is 5.66. The van der Waals surface area contributed by atoms with Crippen molar-refractivity contribution in [3.63, 3.8) is 0 Å². The molecule has 2 fully saturated rings. The summed E-state index contributed by atoms with van der Waals surface area (Å²) in [5.74, 6) is 0.565. The molecule has 0 aromatic rings. The second kappa shape index (κ2) is 13.3. The van der Waals surface area contributed by atoms with E-state index in [1.54, 1.807) is 0 Å². The van der Waals surface area contributed by atoms with Gasteiger partial charge in [0.15, 0.2) is 0 Å². The Hall–Kier alpha value is -0.950. The topological polar surface area (TPSA) is 88.0 Å². The van der Waals surface area contributed by atoms with Crippen LogP contribution in [0.25, 0.3) is 0 Å². The lowest BCUT2D eigenvalue weighted by atomic mass is 9.75. The zero-order chi connectivity index (χ0) is 20.2. The molecule has 3 N–H and O–H groups in total. The van der Waals surface area contributed by atoms with Crippen LogP contribution in [0.5, 0.6) is 0 Å². The first kappa shape index (κ1) is 23.3. The van der Waals surface area contributed by atoms with Gasteiger partial charge in [-0.25, -0.2) is 0 Å². The molecule has 2 saturated heterocycles. The van der Waals surface area contributed by atoms with Crippen molar-refractivity contribution in [2.45, 2.75) is 83.0 Å². The molecule has 0 spiro atoms. The Labute approximate surface area is 169 Å². The van der Waals surface area contributed by atoms with Crippen molar-refractivity contribution >= 4 is 5.97 Å². The Bertz CT molecular complexity index is 470. The fraction of sp³-hybridized carbons (Fsp3) is 0.864. The van der Waals surface area contributed by atoms with Gasteiger partial charge in [-0.15, -0.1) is 0 Å². The number of ether oxygens (including phenoxy) is 2. The Morgan fingerprint density at radius 3 is 2.75 bits per heavy atom. The summed E-state index contributed by atoms with van der Waals surface area (Å²) in [5, 5.41) is 21.7. The van der Waals surface area contributed by atoms with Gasteiger partial charge in [-0.05, 0) is 70.3 Å². The molecular weight excluding hydrogens is 358 g/mol. The highest BCUT2D eigenvalue weighted by Gasteiger charge is 2.47. The molecule has 5 atom stereocenters. The molecule has 0 amide bonds. The van der Waals surface area contributed by atoms with Crippen LogP contribution in [0.2, 0.25) is 0 Å². The van der Waals surface area contributed by atoms with Crippen LogP contribution in [0.3, 0.4) is 0 Å². The molecule has 2 aliphatic rings. The normalized spacial score (nSPS) is 27.6. The van der Waals surface area contributed by atoms with E-state index in [-0.39, 0.29) is 6.42 Å². The van der Waals surface area contributed by atoms with Crippen molar-refractivity contribution < 1.29 is 24.5 Å². The average molecular weight is 398 g/mol. The van der Waals surface area contributed by atoms with Crippen LogP contribution in [0.1, 0.15) is 64.7 Å². The summed E-state index contributed by atoms with van der Waals surface area (Å²) >= 11 is 0. The minimum atomic E-state index is -0.715. The zero-order valence-corrected chi connectivity index (χ0v) is 17.4. The van der Waals surface area contributed by atoms with Crippen LogP contribution in [0.4, 0.5) is 0 Å². The first-order valence-corrected chi connectivity index (χ1v) is 11.1. The quantitative estimate of drug-likeness (QED) is 0.274. The molecule has 6 nitrogen and oxygen atoms in total. The van der Waals surface area contributed by atoms with E-state index in [1.807, 2.05) is 6.92 Å². The van der Waals surface area contributed by atoms with E-state index in [0.29, 0.717) is 43.8 Å². The average Bonchev–Trinajstić information content (AvgIpc) is 3.27. The summed E-state index contributed by atoms with van der Waals surface area (Å²) in [6.45, 7) is 4.49. The predicted molar refractivity (Wildman–Crippen MR) is 109 cm³/mol. The molecule has 2 rings (SSSR count). The summed E-state index contributed by atoms with van der Waals surface area (Å²) in [4.78, 5) is 10.5. The minimum Gasteiger partial charge on any atom is -0.481 e.